The van der Waals surface area contributed by atoms with Gasteiger partial charge in [-0.15, -0.1) is 0 Å². The van der Waals surface area contributed by atoms with Gasteiger partial charge < -0.3 is 25.3 Å². The summed E-state index contributed by atoms with van der Waals surface area (Å²) in [5.41, 5.74) is 5.48. The van der Waals surface area contributed by atoms with E-state index in [4.69, 9.17) is 20.4 Å². The van der Waals surface area contributed by atoms with Crippen LogP contribution in [0.5, 0.6) is 0 Å². The van der Waals surface area contributed by atoms with Gasteiger partial charge in [-0.05, 0) is 6.42 Å². The molecule has 1 amide bonds. The highest BCUT2D eigenvalue weighted by Gasteiger charge is 2.32. The molecule has 0 radical (unpaired) electrons. The summed E-state index contributed by atoms with van der Waals surface area (Å²) in [7, 11) is 0. The number of amidine groups is 1. The zero-order valence-corrected chi connectivity index (χ0v) is 9.54. The van der Waals surface area contributed by atoms with Crippen LogP contribution in [0, 0.1) is 5.92 Å². The lowest BCUT2D eigenvalue weighted by atomic mass is 10.1. The molecule has 2 fully saturated rings. The fourth-order valence-electron chi connectivity index (χ4n) is 2.08. The van der Waals surface area contributed by atoms with Gasteiger partial charge in [0.15, 0.2) is 5.84 Å². The van der Waals surface area contributed by atoms with E-state index in [1.165, 1.54) is 0 Å². The lowest BCUT2D eigenvalue weighted by Gasteiger charge is -2.33. The van der Waals surface area contributed by atoms with Crippen LogP contribution in [-0.2, 0) is 14.3 Å². The van der Waals surface area contributed by atoms with Crippen LogP contribution in [0.2, 0.25) is 0 Å². The number of morpholine rings is 1. The van der Waals surface area contributed by atoms with Crippen molar-refractivity contribution in [3.63, 3.8) is 0 Å². The summed E-state index contributed by atoms with van der Waals surface area (Å²) in [6, 6.07) is 0. The number of amides is 1. The van der Waals surface area contributed by atoms with Gasteiger partial charge in [0, 0.05) is 13.2 Å². The quantitative estimate of drug-likeness (QED) is 0.280. The number of nitrogens with zero attached hydrogens (tertiary/aromatic N) is 2. The lowest BCUT2D eigenvalue weighted by molar-refractivity contribution is -0.141. The zero-order chi connectivity index (χ0) is 12.3. The minimum absolute atomic E-state index is 0.00479. The topological polar surface area (TPSA) is 97.4 Å². The Morgan fingerprint density at radius 1 is 1.47 bits per heavy atom. The molecule has 0 aromatic heterocycles. The Morgan fingerprint density at radius 2 is 2.29 bits per heavy atom. The molecule has 2 aliphatic rings. The number of carbonyl (C=O) groups excluding carboxylic acids is 1. The maximum atomic E-state index is 12.1. The third-order valence-electron chi connectivity index (χ3n) is 3.10. The van der Waals surface area contributed by atoms with Gasteiger partial charge >= 0.3 is 0 Å². The summed E-state index contributed by atoms with van der Waals surface area (Å²) in [6.45, 7) is 2.42. The van der Waals surface area contributed by atoms with Crippen LogP contribution >= 0.6 is 0 Å². The summed E-state index contributed by atoms with van der Waals surface area (Å²) in [4.78, 5) is 13.8. The molecule has 0 bridgehead atoms. The van der Waals surface area contributed by atoms with Crippen LogP contribution in [0.4, 0.5) is 0 Å². The number of hydrogen-bond donors (Lipinski definition) is 2. The molecule has 0 aliphatic carbocycles. The minimum Gasteiger partial charge on any atom is -0.409 e. The number of hydrogen-bond acceptors (Lipinski definition) is 5. The molecule has 96 valence electrons. The van der Waals surface area contributed by atoms with E-state index in [0.29, 0.717) is 32.9 Å². The normalized spacial score (nSPS) is 30.6. The number of nitrogens with two attached hydrogens (primary N) is 1. The Balaban J connectivity index is 1.94. The second-order valence-corrected chi connectivity index (χ2v) is 4.23. The predicted octanol–water partition coefficient (Wildman–Crippen LogP) is -1.00. The van der Waals surface area contributed by atoms with Gasteiger partial charge in [-0.1, -0.05) is 5.16 Å². The number of oxime groups is 1. The smallest absolute Gasteiger partial charge is 0.228 e. The highest BCUT2D eigenvalue weighted by Crippen LogP contribution is 2.17. The molecule has 2 aliphatic heterocycles. The fourth-order valence-corrected chi connectivity index (χ4v) is 2.08. The van der Waals surface area contributed by atoms with Crippen LogP contribution in [0.25, 0.3) is 0 Å². The third-order valence-corrected chi connectivity index (χ3v) is 3.10. The molecule has 0 aromatic carbocycles. The lowest BCUT2D eigenvalue weighted by Crippen LogP contribution is -2.52. The van der Waals surface area contributed by atoms with Crippen molar-refractivity contribution in [3.05, 3.63) is 0 Å². The van der Waals surface area contributed by atoms with Crippen molar-refractivity contribution >= 4 is 11.7 Å². The molecule has 2 saturated heterocycles. The number of rotatable bonds is 2. The van der Waals surface area contributed by atoms with Crippen LogP contribution in [-0.4, -0.2) is 60.9 Å². The molecular weight excluding hydrogens is 226 g/mol. The molecule has 2 rings (SSSR count). The van der Waals surface area contributed by atoms with Crippen LogP contribution in [0.3, 0.4) is 0 Å². The van der Waals surface area contributed by atoms with Crippen molar-refractivity contribution in [2.45, 2.75) is 12.5 Å². The van der Waals surface area contributed by atoms with Gasteiger partial charge in [-0.25, -0.2) is 0 Å². The molecular formula is C10H17N3O4. The first kappa shape index (κ1) is 12.1. The van der Waals surface area contributed by atoms with Crippen molar-refractivity contribution in [3.8, 4) is 0 Å². The summed E-state index contributed by atoms with van der Waals surface area (Å²) >= 11 is 0. The summed E-state index contributed by atoms with van der Waals surface area (Å²) in [6.07, 6.45) is 0.254. The standard InChI is InChI=1S/C10H17N3O4/c11-9(12-15)8-5-13(2-4-17-8)10(14)7-1-3-16-6-7/h7-8,15H,1-6H2,(H2,11,12). The average Bonchev–Trinajstić information content (AvgIpc) is 2.91. The van der Waals surface area contributed by atoms with Gasteiger partial charge in [0.1, 0.15) is 6.10 Å². The van der Waals surface area contributed by atoms with Crippen molar-refractivity contribution in [2.24, 2.45) is 16.8 Å². The Labute approximate surface area is 99.1 Å². The molecule has 0 saturated carbocycles. The Bertz CT molecular complexity index is 315. The molecule has 3 N–H and O–H groups in total. The molecule has 2 unspecified atom stereocenters. The first-order valence-electron chi connectivity index (χ1n) is 5.68. The van der Waals surface area contributed by atoms with E-state index in [2.05, 4.69) is 5.16 Å². The van der Waals surface area contributed by atoms with Gasteiger partial charge in [0.25, 0.3) is 0 Å². The van der Waals surface area contributed by atoms with Crippen molar-refractivity contribution < 1.29 is 19.5 Å². The van der Waals surface area contributed by atoms with Gasteiger partial charge in [0.05, 0.1) is 25.7 Å². The van der Waals surface area contributed by atoms with Crippen LogP contribution in [0.15, 0.2) is 5.16 Å². The Kier molecular flexibility index (Phi) is 3.80. The molecule has 0 aromatic rings. The molecule has 17 heavy (non-hydrogen) atoms. The van der Waals surface area contributed by atoms with Crippen molar-refractivity contribution in [1.82, 2.24) is 4.90 Å². The molecule has 7 nitrogen and oxygen atoms in total. The van der Waals surface area contributed by atoms with E-state index in [1.54, 1.807) is 4.90 Å². The first-order valence-corrected chi connectivity index (χ1v) is 5.68. The van der Waals surface area contributed by atoms with Crippen molar-refractivity contribution in [2.75, 3.05) is 32.9 Å². The van der Waals surface area contributed by atoms with Crippen molar-refractivity contribution in [1.29, 1.82) is 0 Å². The number of carbonyl (C=O) groups is 1. The van der Waals surface area contributed by atoms with Gasteiger partial charge in [0.2, 0.25) is 5.91 Å². The first-order chi connectivity index (χ1) is 8.22. The molecule has 2 heterocycles. The highest BCUT2D eigenvalue weighted by atomic mass is 16.5. The SMILES string of the molecule is NC(=NO)C1CN(C(=O)C2CCOC2)CCO1. The second-order valence-electron chi connectivity index (χ2n) is 4.23. The van der Waals surface area contributed by atoms with Crippen LogP contribution in [0.1, 0.15) is 6.42 Å². The summed E-state index contributed by atoms with van der Waals surface area (Å²) in [5.74, 6) is 0.0211. The van der Waals surface area contributed by atoms with E-state index in [9.17, 15) is 4.79 Å². The van der Waals surface area contributed by atoms with Gasteiger partial charge in [-0.3, -0.25) is 4.79 Å². The van der Waals surface area contributed by atoms with Gasteiger partial charge in [-0.2, -0.15) is 0 Å². The molecule has 0 spiro atoms. The second kappa shape index (κ2) is 5.33. The van der Waals surface area contributed by atoms with E-state index >= 15 is 0 Å². The third kappa shape index (κ3) is 2.67. The highest BCUT2D eigenvalue weighted by molar-refractivity contribution is 5.86. The fraction of sp³-hybridized carbons (Fsp3) is 0.800. The Hall–Kier alpha value is -1.34. The molecule has 7 heteroatoms. The summed E-state index contributed by atoms with van der Waals surface area (Å²) < 4.78 is 10.5. The van der Waals surface area contributed by atoms with E-state index < -0.39 is 6.10 Å². The predicted molar refractivity (Wildman–Crippen MR) is 58.7 cm³/mol. The monoisotopic (exact) mass is 243 g/mol. The maximum absolute atomic E-state index is 12.1. The van der Waals surface area contributed by atoms with E-state index in [0.717, 1.165) is 6.42 Å². The summed E-state index contributed by atoms with van der Waals surface area (Å²) in [5, 5.41) is 11.5. The minimum atomic E-state index is -0.514. The van der Waals surface area contributed by atoms with E-state index in [1.807, 2.05) is 0 Å². The zero-order valence-electron chi connectivity index (χ0n) is 9.54. The van der Waals surface area contributed by atoms with E-state index in [-0.39, 0.29) is 17.7 Å². The van der Waals surface area contributed by atoms with Crippen LogP contribution < -0.4 is 5.73 Å². The molecule has 2 atom stereocenters. The largest absolute Gasteiger partial charge is 0.409 e. The number of ether oxygens (including phenoxy) is 2. The average molecular weight is 243 g/mol. The maximum Gasteiger partial charge on any atom is 0.228 e. The Morgan fingerprint density at radius 3 is 2.94 bits per heavy atom.